The summed E-state index contributed by atoms with van der Waals surface area (Å²) in [5.41, 5.74) is 2.32. The second-order valence-electron chi connectivity index (χ2n) is 7.31. The Labute approximate surface area is 165 Å². The van der Waals surface area contributed by atoms with Gasteiger partial charge in [-0.2, -0.15) is 16.9 Å². The van der Waals surface area contributed by atoms with Crippen LogP contribution in [0.25, 0.3) is 5.69 Å². The van der Waals surface area contributed by atoms with Crippen LogP contribution in [0.3, 0.4) is 0 Å². The SMILES string of the molecule is CCSC1CCCCN(C(=O)c2cnn(-c3ccc(F)cc3)c2C(C)C)C1. The van der Waals surface area contributed by atoms with Gasteiger partial charge in [0.15, 0.2) is 0 Å². The molecule has 6 heteroatoms. The fourth-order valence-corrected chi connectivity index (χ4v) is 4.79. The molecule has 0 bridgehead atoms. The molecule has 1 fully saturated rings. The number of hydrogen-bond acceptors (Lipinski definition) is 3. The van der Waals surface area contributed by atoms with Gasteiger partial charge in [-0.25, -0.2) is 9.07 Å². The Morgan fingerprint density at radius 3 is 2.70 bits per heavy atom. The van der Waals surface area contributed by atoms with Crippen LogP contribution in [0.2, 0.25) is 0 Å². The maximum atomic E-state index is 13.3. The Bertz CT molecular complexity index is 772. The smallest absolute Gasteiger partial charge is 0.257 e. The first kappa shape index (κ1) is 19.9. The van der Waals surface area contributed by atoms with Crippen LogP contribution < -0.4 is 0 Å². The van der Waals surface area contributed by atoms with Gasteiger partial charge in [0.05, 0.1) is 23.1 Å². The molecule has 1 aliphatic heterocycles. The third-order valence-corrected chi connectivity index (χ3v) is 6.16. The van der Waals surface area contributed by atoms with E-state index in [-0.39, 0.29) is 17.6 Å². The van der Waals surface area contributed by atoms with Crippen molar-refractivity contribution in [2.45, 2.75) is 51.2 Å². The van der Waals surface area contributed by atoms with E-state index in [0.29, 0.717) is 10.8 Å². The van der Waals surface area contributed by atoms with Crippen molar-refractivity contribution >= 4 is 17.7 Å². The predicted molar refractivity (Wildman–Crippen MR) is 109 cm³/mol. The predicted octanol–water partition coefficient (Wildman–Crippen LogP) is 4.88. The zero-order valence-electron chi connectivity index (χ0n) is 16.3. The van der Waals surface area contributed by atoms with Gasteiger partial charge >= 0.3 is 0 Å². The highest BCUT2D eigenvalue weighted by molar-refractivity contribution is 7.99. The highest BCUT2D eigenvalue weighted by Gasteiger charge is 2.27. The number of halogens is 1. The molecular weight excluding hydrogens is 361 g/mol. The Morgan fingerprint density at radius 2 is 2.04 bits per heavy atom. The average molecular weight is 390 g/mol. The number of nitrogens with zero attached hydrogens (tertiary/aromatic N) is 3. The molecule has 1 amide bonds. The lowest BCUT2D eigenvalue weighted by molar-refractivity contribution is 0.0762. The maximum Gasteiger partial charge on any atom is 0.257 e. The summed E-state index contributed by atoms with van der Waals surface area (Å²) in [5.74, 6) is 0.990. The lowest BCUT2D eigenvalue weighted by Crippen LogP contribution is -2.36. The topological polar surface area (TPSA) is 38.1 Å². The van der Waals surface area contributed by atoms with E-state index >= 15 is 0 Å². The van der Waals surface area contributed by atoms with Crippen molar-refractivity contribution in [2.75, 3.05) is 18.8 Å². The van der Waals surface area contributed by atoms with Gasteiger partial charge in [-0.3, -0.25) is 4.79 Å². The molecule has 3 rings (SSSR count). The zero-order chi connectivity index (χ0) is 19.4. The normalized spacial score (nSPS) is 18.0. The van der Waals surface area contributed by atoms with Crippen molar-refractivity contribution in [2.24, 2.45) is 0 Å². The number of benzene rings is 1. The number of likely N-dealkylation sites (tertiary alicyclic amines) is 1. The average Bonchev–Trinajstić information content (AvgIpc) is 2.96. The molecular formula is C21H28FN3OS. The molecule has 1 aromatic carbocycles. The molecule has 0 radical (unpaired) electrons. The fraction of sp³-hybridized carbons (Fsp3) is 0.524. The van der Waals surface area contributed by atoms with Crippen molar-refractivity contribution < 1.29 is 9.18 Å². The second kappa shape index (κ2) is 8.91. The van der Waals surface area contributed by atoms with Crippen LogP contribution in [0.5, 0.6) is 0 Å². The minimum atomic E-state index is -0.280. The molecule has 4 nitrogen and oxygen atoms in total. The maximum absolute atomic E-state index is 13.3. The number of thioether (sulfide) groups is 1. The zero-order valence-corrected chi connectivity index (χ0v) is 17.1. The third kappa shape index (κ3) is 4.54. The van der Waals surface area contributed by atoms with Crippen LogP contribution in [-0.4, -0.2) is 44.7 Å². The minimum absolute atomic E-state index is 0.0654. The molecule has 1 aromatic heterocycles. The number of hydrogen-bond donors (Lipinski definition) is 0. The molecule has 0 spiro atoms. The van der Waals surface area contributed by atoms with Crippen molar-refractivity contribution in [1.82, 2.24) is 14.7 Å². The molecule has 1 atom stereocenters. The van der Waals surface area contributed by atoms with Crippen molar-refractivity contribution in [3.63, 3.8) is 0 Å². The highest BCUT2D eigenvalue weighted by Crippen LogP contribution is 2.27. The van der Waals surface area contributed by atoms with Crippen LogP contribution in [0.4, 0.5) is 4.39 Å². The van der Waals surface area contributed by atoms with E-state index in [1.54, 1.807) is 23.0 Å². The summed E-state index contributed by atoms with van der Waals surface area (Å²) < 4.78 is 15.1. The summed E-state index contributed by atoms with van der Waals surface area (Å²) in [6, 6.07) is 6.23. The summed E-state index contributed by atoms with van der Waals surface area (Å²) in [6.07, 6.45) is 5.07. The van der Waals surface area contributed by atoms with Gasteiger partial charge in [0.1, 0.15) is 5.82 Å². The van der Waals surface area contributed by atoms with E-state index in [9.17, 15) is 9.18 Å². The van der Waals surface area contributed by atoms with Gasteiger partial charge in [0.25, 0.3) is 5.91 Å². The molecule has 1 aliphatic rings. The summed E-state index contributed by atoms with van der Waals surface area (Å²) in [6.45, 7) is 7.90. The van der Waals surface area contributed by atoms with Gasteiger partial charge in [-0.1, -0.05) is 27.2 Å². The number of rotatable bonds is 5. The number of carbonyl (C=O) groups is 1. The molecule has 2 heterocycles. The van der Waals surface area contributed by atoms with Crippen LogP contribution in [0.15, 0.2) is 30.5 Å². The third-order valence-electron chi connectivity index (χ3n) is 4.97. The summed E-state index contributed by atoms with van der Waals surface area (Å²) in [7, 11) is 0. The lowest BCUT2D eigenvalue weighted by atomic mass is 10.0. The van der Waals surface area contributed by atoms with E-state index in [1.807, 2.05) is 16.7 Å². The quantitative estimate of drug-likeness (QED) is 0.731. The summed E-state index contributed by atoms with van der Waals surface area (Å²) in [5, 5.41) is 4.98. The number of amides is 1. The standard InChI is InChI=1S/C21H28FN3OS/c1-4-27-18-7-5-6-12-24(14-18)21(26)19-13-23-25(20(19)15(2)3)17-10-8-16(22)9-11-17/h8-11,13,15,18H,4-7,12,14H2,1-3H3. The molecule has 0 aliphatic carbocycles. The molecule has 27 heavy (non-hydrogen) atoms. The summed E-state index contributed by atoms with van der Waals surface area (Å²) in [4.78, 5) is 15.3. The van der Waals surface area contributed by atoms with Crippen LogP contribution in [0, 0.1) is 5.82 Å². The van der Waals surface area contributed by atoms with Gasteiger partial charge in [0, 0.05) is 18.3 Å². The van der Waals surface area contributed by atoms with Gasteiger partial charge in [0.2, 0.25) is 0 Å². The largest absolute Gasteiger partial charge is 0.337 e. The van der Waals surface area contributed by atoms with Crippen molar-refractivity contribution in [3.05, 3.63) is 47.5 Å². The first-order valence-corrected chi connectivity index (χ1v) is 10.8. The highest BCUT2D eigenvalue weighted by atomic mass is 32.2. The van der Waals surface area contributed by atoms with Gasteiger partial charge in [-0.05, 0) is 48.8 Å². The molecule has 1 unspecified atom stereocenters. The van der Waals surface area contributed by atoms with Crippen LogP contribution in [0.1, 0.15) is 62.0 Å². The second-order valence-corrected chi connectivity index (χ2v) is 8.89. The molecule has 2 aromatic rings. The Morgan fingerprint density at radius 1 is 1.30 bits per heavy atom. The lowest BCUT2D eigenvalue weighted by Gasteiger charge is -2.24. The van der Waals surface area contributed by atoms with E-state index < -0.39 is 0 Å². The van der Waals surface area contributed by atoms with E-state index in [0.717, 1.165) is 36.6 Å². The summed E-state index contributed by atoms with van der Waals surface area (Å²) >= 11 is 1.95. The van der Waals surface area contributed by atoms with E-state index in [1.165, 1.54) is 25.0 Å². The fourth-order valence-electron chi connectivity index (χ4n) is 3.70. The molecule has 146 valence electrons. The molecule has 0 N–H and O–H groups in total. The Balaban J connectivity index is 1.91. The van der Waals surface area contributed by atoms with Crippen LogP contribution >= 0.6 is 11.8 Å². The van der Waals surface area contributed by atoms with Gasteiger partial charge < -0.3 is 4.90 Å². The minimum Gasteiger partial charge on any atom is -0.337 e. The monoisotopic (exact) mass is 389 g/mol. The first-order valence-electron chi connectivity index (χ1n) is 9.76. The van der Waals surface area contributed by atoms with Gasteiger partial charge in [-0.15, -0.1) is 0 Å². The van der Waals surface area contributed by atoms with E-state index in [2.05, 4.69) is 25.9 Å². The first-order chi connectivity index (χ1) is 13.0. The van der Waals surface area contributed by atoms with E-state index in [4.69, 9.17) is 0 Å². The number of carbonyl (C=O) groups excluding carboxylic acids is 1. The van der Waals surface area contributed by atoms with Crippen LogP contribution in [-0.2, 0) is 0 Å². The Kier molecular flexibility index (Phi) is 6.58. The molecule has 1 saturated heterocycles. The molecule has 0 saturated carbocycles. The van der Waals surface area contributed by atoms with Crippen molar-refractivity contribution in [3.8, 4) is 5.69 Å². The van der Waals surface area contributed by atoms with Crippen molar-refractivity contribution in [1.29, 1.82) is 0 Å². The Hall–Kier alpha value is -1.82. The number of aromatic nitrogens is 2.